The summed E-state index contributed by atoms with van der Waals surface area (Å²) >= 11 is 0. The van der Waals surface area contributed by atoms with E-state index in [1.165, 1.54) is 23.3 Å². The third kappa shape index (κ3) is 5.58. The third-order valence-electron chi connectivity index (χ3n) is 7.19. The minimum Gasteiger partial charge on any atom is -0.320 e. The lowest BCUT2D eigenvalue weighted by molar-refractivity contribution is -0.117. The van der Waals surface area contributed by atoms with Gasteiger partial charge in [0.15, 0.2) is 0 Å². The first kappa shape index (κ1) is 25.8. The number of rotatable bonds is 9. The smallest absolute Gasteiger partial charge is 0.274 e. The number of carbonyl (C=O) groups is 1. The number of hydrogen-bond donors (Lipinski definition) is 2. The summed E-state index contributed by atoms with van der Waals surface area (Å²) in [5.74, 6) is -0.601. The molecule has 36 heavy (non-hydrogen) atoms. The van der Waals surface area contributed by atoms with Crippen LogP contribution in [0.5, 0.6) is 0 Å². The Morgan fingerprint density at radius 2 is 1.89 bits per heavy atom. The van der Waals surface area contributed by atoms with Crippen molar-refractivity contribution in [3.05, 3.63) is 88.0 Å². The van der Waals surface area contributed by atoms with Crippen LogP contribution in [0.15, 0.2) is 65.5 Å². The van der Waals surface area contributed by atoms with Crippen LogP contribution >= 0.6 is 0 Å². The van der Waals surface area contributed by atoms with E-state index in [2.05, 4.69) is 46.7 Å². The second-order valence-electron chi connectivity index (χ2n) is 9.33. The van der Waals surface area contributed by atoms with Crippen molar-refractivity contribution in [3.8, 4) is 11.3 Å². The van der Waals surface area contributed by atoms with Gasteiger partial charge in [0.05, 0.1) is 11.7 Å². The van der Waals surface area contributed by atoms with E-state index in [0.717, 1.165) is 31.4 Å². The van der Waals surface area contributed by atoms with E-state index in [9.17, 15) is 14.0 Å². The van der Waals surface area contributed by atoms with Crippen molar-refractivity contribution in [1.29, 1.82) is 0 Å². The Morgan fingerprint density at radius 3 is 2.61 bits per heavy atom. The molecule has 0 fully saturated rings. The van der Waals surface area contributed by atoms with E-state index in [4.69, 9.17) is 0 Å². The first-order chi connectivity index (χ1) is 17.4. The summed E-state index contributed by atoms with van der Waals surface area (Å²) in [7, 11) is 1.70. The van der Waals surface area contributed by atoms with Crippen molar-refractivity contribution in [1.82, 2.24) is 14.8 Å². The number of nitrogens with one attached hydrogen (secondary N) is 2. The molecule has 1 aliphatic carbocycles. The molecule has 4 rings (SSSR count). The highest BCUT2D eigenvalue weighted by Gasteiger charge is 2.25. The molecule has 1 aromatic heterocycles. The second-order valence-corrected chi connectivity index (χ2v) is 9.33. The Balaban J connectivity index is 1.66. The van der Waals surface area contributed by atoms with Crippen molar-refractivity contribution in [3.63, 3.8) is 0 Å². The monoisotopic (exact) mass is 490 g/mol. The SMILES string of the molecule is CCN(CCn1c(-c2ccc(F)cc2)ccc(NC(=O)C(C)NC)c1=O)[C@H]1CCCc2ccccc21. The first-order valence-electron chi connectivity index (χ1n) is 12.7. The highest BCUT2D eigenvalue weighted by Crippen LogP contribution is 2.34. The van der Waals surface area contributed by atoms with Gasteiger partial charge in [0.1, 0.15) is 11.5 Å². The number of benzene rings is 2. The molecule has 190 valence electrons. The summed E-state index contributed by atoms with van der Waals surface area (Å²) in [5, 5.41) is 5.65. The molecule has 1 aliphatic rings. The molecule has 0 saturated heterocycles. The molecule has 2 aromatic carbocycles. The lowest BCUT2D eigenvalue weighted by Crippen LogP contribution is -2.39. The summed E-state index contributed by atoms with van der Waals surface area (Å²) in [6, 6.07) is 18.1. The average Bonchev–Trinajstić information content (AvgIpc) is 2.91. The highest BCUT2D eigenvalue weighted by molar-refractivity contribution is 5.94. The van der Waals surface area contributed by atoms with E-state index in [0.29, 0.717) is 24.8 Å². The second kappa shape index (κ2) is 11.6. The van der Waals surface area contributed by atoms with Crippen LogP contribution in [-0.4, -0.2) is 41.6 Å². The highest BCUT2D eigenvalue weighted by atomic mass is 19.1. The number of pyridine rings is 1. The molecule has 1 unspecified atom stereocenters. The molecule has 1 amide bonds. The van der Waals surface area contributed by atoms with Gasteiger partial charge in [-0.3, -0.25) is 14.5 Å². The molecule has 7 heteroatoms. The number of anilines is 1. The predicted molar refractivity (Wildman–Crippen MR) is 143 cm³/mol. The van der Waals surface area contributed by atoms with Crippen LogP contribution < -0.4 is 16.2 Å². The Bertz CT molecular complexity index is 1250. The number of hydrogen-bond acceptors (Lipinski definition) is 4. The number of likely N-dealkylation sites (N-methyl/N-ethyl adjacent to an activating group) is 2. The van der Waals surface area contributed by atoms with E-state index in [-0.39, 0.29) is 23.0 Å². The minimum atomic E-state index is -0.434. The number of halogens is 1. The van der Waals surface area contributed by atoms with Gasteiger partial charge in [0.25, 0.3) is 5.56 Å². The van der Waals surface area contributed by atoms with E-state index >= 15 is 0 Å². The summed E-state index contributed by atoms with van der Waals surface area (Å²) in [6.07, 6.45) is 3.33. The third-order valence-corrected chi connectivity index (χ3v) is 7.19. The van der Waals surface area contributed by atoms with Gasteiger partial charge < -0.3 is 15.2 Å². The molecular weight excluding hydrogens is 455 g/mol. The first-order valence-corrected chi connectivity index (χ1v) is 12.7. The van der Waals surface area contributed by atoms with Crippen molar-refractivity contribution < 1.29 is 9.18 Å². The van der Waals surface area contributed by atoms with Crippen LogP contribution in [-0.2, 0) is 17.8 Å². The van der Waals surface area contributed by atoms with E-state index in [1.807, 2.05) is 6.07 Å². The van der Waals surface area contributed by atoms with Crippen molar-refractivity contribution in [2.24, 2.45) is 0 Å². The largest absolute Gasteiger partial charge is 0.320 e. The van der Waals surface area contributed by atoms with Crippen molar-refractivity contribution in [2.75, 3.05) is 25.5 Å². The fourth-order valence-electron chi connectivity index (χ4n) is 5.01. The number of aromatic nitrogens is 1. The predicted octanol–water partition coefficient (Wildman–Crippen LogP) is 4.60. The molecule has 0 saturated carbocycles. The quantitative estimate of drug-likeness (QED) is 0.460. The lowest BCUT2D eigenvalue weighted by Gasteiger charge is -2.35. The summed E-state index contributed by atoms with van der Waals surface area (Å²) in [6.45, 7) is 5.87. The number of carbonyl (C=O) groups excluding carboxylic acids is 1. The molecule has 6 nitrogen and oxygen atoms in total. The molecule has 0 bridgehead atoms. The van der Waals surface area contributed by atoms with Crippen LogP contribution in [0, 0.1) is 5.82 Å². The lowest BCUT2D eigenvalue weighted by atomic mass is 9.87. The van der Waals surface area contributed by atoms with Crippen LogP contribution in [0.4, 0.5) is 10.1 Å². The molecule has 0 radical (unpaired) electrons. The Labute approximate surface area is 212 Å². The van der Waals surface area contributed by atoms with Crippen LogP contribution in [0.2, 0.25) is 0 Å². The van der Waals surface area contributed by atoms with Gasteiger partial charge in [0.2, 0.25) is 5.91 Å². The van der Waals surface area contributed by atoms with Gasteiger partial charge >= 0.3 is 0 Å². The minimum absolute atomic E-state index is 0.235. The maximum Gasteiger partial charge on any atom is 0.274 e. The standard InChI is InChI=1S/C29H35FN4O2/c1-4-33(27-11-7-9-21-8-5-6-10-24(21)27)18-19-34-26(22-12-14-23(30)15-13-22)17-16-25(29(34)36)32-28(35)20(2)31-3/h5-6,8,10,12-17,20,27,31H,4,7,9,11,18-19H2,1-3H3,(H,32,35)/t20?,27-/m0/s1. The van der Waals surface area contributed by atoms with Crippen LogP contribution in [0.3, 0.4) is 0 Å². The summed E-state index contributed by atoms with van der Waals surface area (Å²) < 4.78 is 15.3. The molecule has 3 aromatic rings. The normalized spacial score (nSPS) is 16.0. The average molecular weight is 491 g/mol. The zero-order valence-corrected chi connectivity index (χ0v) is 21.3. The van der Waals surface area contributed by atoms with Crippen molar-refractivity contribution in [2.45, 2.75) is 51.7 Å². The summed E-state index contributed by atoms with van der Waals surface area (Å²) in [5.41, 5.74) is 4.19. The van der Waals surface area contributed by atoms with Gasteiger partial charge in [-0.1, -0.05) is 31.2 Å². The molecular formula is C29H35FN4O2. The van der Waals surface area contributed by atoms with Crippen LogP contribution in [0.1, 0.15) is 43.9 Å². The number of amides is 1. The zero-order valence-electron chi connectivity index (χ0n) is 21.3. The fourth-order valence-corrected chi connectivity index (χ4v) is 5.01. The maximum atomic E-state index is 13.6. The van der Waals surface area contributed by atoms with Crippen molar-refractivity contribution >= 4 is 11.6 Å². The maximum absolute atomic E-state index is 13.6. The molecule has 1 heterocycles. The Hall–Kier alpha value is -3.29. The molecule has 2 atom stereocenters. The number of aryl methyl sites for hydroxylation is 1. The Kier molecular flexibility index (Phi) is 8.33. The Morgan fingerprint density at radius 1 is 1.14 bits per heavy atom. The van der Waals surface area contributed by atoms with Gasteiger partial charge in [0, 0.05) is 19.1 Å². The molecule has 0 spiro atoms. The topological polar surface area (TPSA) is 66.4 Å². The van der Waals surface area contributed by atoms with Gasteiger partial charge in [-0.05, 0) is 92.9 Å². The van der Waals surface area contributed by atoms with Gasteiger partial charge in [-0.25, -0.2) is 4.39 Å². The van der Waals surface area contributed by atoms with Gasteiger partial charge in [-0.2, -0.15) is 0 Å². The molecule has 0 aliphatic heterocycles. The summed E-state index contributed by atoms with van der Waals surface area (Å²) in [4.78, 5) is 28.5. The number of nitrogens with zero attached hydrogens (tertiary/aromatic N) is 2. The van der Waals surface area contributed by atoms with E-state index in [1.54, 1.807) is 36.7 Å². The van der Waals surface area contributed by atoms with Gasteiger partial charge in [-0.15, -0.1) is 0 Å². The van der Waals surface area contributed by atoms with E-state index < -0.39 is 6.04 Å². The van der Waals surface area contributed by atoms with Crippen LogP contribution in [0.25, 0.3) is 11.3 Å². The zero-order chi connectivity index (χ0) is 25.7. The molecule has 2 N–H and O–H groups in total. The number of fused-ring (bicyclic) bond motifs is 1. The fraction of sp³-hybridized carbons (Fsp3) is 0.379.